The fourth-order valence-electron chi connectivity index (χ4n) is 6.70. The second-order valence-corrected chi connectivity index (χ2v) is 14.0. The van der Waals surface area contributed by atoms with Gasteiger partial charge in [-0.2, -0.15) is 0 Å². The Morgan fingerprint density at radius 3 is 2.45 bits per heavy atom. The summed E-state index contributed by atoms with van der Waals surface area (Å²) in [7, 11) is 0. The summed E-state index contributed by atoms with van der Waals surface area (Å²) in [6.45, 7) is 9.30. The number of hydrogen-bond acceptors (Lipinski definition) is 9. The van der Waals surface area contributed by atoms with Gasteiger partial charge in [-0.15, -0.1) is 0 Å². The number of cyclic esters (lactones) is 1. The first-order valence-electron chi connectivity index (χ1n) is 17.6. The maximum atomic E-state index is 14.2. The largest absolute Gasteiger partial charge is 0.462 e. The molecule has 1 spiro atoms. The molecule has 3 N–H and O–H groups in total. The highest BCUT2D eigenvalue weighted by atomic mass is 16.6. The smallest absolute Gasteiger partial charge is 0.316 e. The summed E-state index contributed by atoms with van der Waals surface area (Å²) in [5, 5.41) is 8.07. The van der Waals surface area contributed by atoms with Gasteiger partial charge in [0.2, 0.25) is 5.91 Å². The van der Waals surface area contributed by atoms with E-state index in [0.717, 1.165) is 16.5 Å². The van der Waals surface area contributed by atoms with Gasteiger partial charge in [-0.1, -0.05) is 51.1 Å². The first-order valence-corrected chi connectivity index (χ1v) is 17.6. The third-order valence-electron chi connectivity index (χ3n) is 9.71. The van der Waals surface area contributed by atoms with Crippen molar-refractivity contribution in [2.75, 3.05) is 6.54 Å². The topological polar surface area (TPSA) is 156 Å². The number of amides is 3. The summed E-state index contributed by atoms with van der Waals surface area (Å²) in [5.41, 5.74) is 4.20. The van der Waals surface area contributed by atoms with Crippen molar-refractivity contribution >= 4 is 46.6 Å². The lowest BCUT2D eigenvalue weighted by Gasteiger charge is -2.37. The number of benzene rings is 1. The van der Waals surface area contributed by atoms with Gasteiger partial charge in [0.1, 0.15) is 18.2 Å². The first kappa shape index (κ1) is 36.0. The molecule has 3 amide bonds. The van der Waals surface area contributed by atoms with Gasteiger partial charge in [0.15, 0.2) is 6.10 Å². The van der Waals surface area contributed by atoms with E-state index >= 15 is 0 Å². The first-order chi connectivity index (χ1) is 23.4. The van der Waals surface area contributed by atoms with Crippen LogP contribution in [0, 0.1) is 11.3 Å². The Bertz CT molecular complexity index is 1600. The number of ether oxygens (including phenoxy) is 2. The van der Waals surface area contributed by atoms with Gasteiger partial charge in [-0.3, -0.25) is 34.0 Å². The Balaban J connectivity index is 1.50. The van der Waals surface area contributed by atoms with Crippen molar-refractivity contribution in [1.82, 2.24) is 26.1 Å². The van der Waals surface area contributed by atoms with Crippen LogP contribution in [0.2, 0.25) is 0 Å². The number of carbonyl (C=O) groups excluding carboxylic acids is 5. The van der Waals surface area contributed by atoms with E-state index in [2.05, 4.69) is 16.1 Å². The number of hydrazine groups is 1. The Morgan fingerprint density at radius 2 is 1.73 bits per heavy atom. The molecule has 2 fully saturated rings. The normalized spacial score (nSPS) is 29.3. The molecule has 1 saturated carbocycles. The van der Waals surface area contributed by atoms with Gasteiger partial charge >= 0.3 is 11.9 Å². The molecule has 1 aromatic carbocycles. The van der Waals surface area contributed by atoms with Crippen molar-refractivity contribution in [1.29, 1.82) is 0 Å². The van der Waals surface area contributed by atoms with Crippen LogP contribution in [-0.2, 0) is 33.4 Å². The summed E-state index contributed by atoms with van der Waals surface area (Å²) in [4.78, 5) is 71.6. The van der Waals surface area contributed by atoms with E-state index in [9.17, 15) is 24.0 Å². The lowest BCUT2D eigenvalue weighted by atomic mass is 9.72. The predicted molar refractivity (Wildman–Crippen MR) is 183 cm³/mol. The minimum Gasteiger partial charge on any atom is -0.462 e. The van der Waals surface area contributed by atoms with E-state index in [4.69, 9.17) is 14.5 Å². The van der Waals surface area contributed by atoms with Crippen LogP contribution in [0.3, 0.4) is 0 Å². The van der Waals surface area contributed by atoms with Crippen LogP contribution in [0.5, 0.6) is 0 Å². The summed E-state index contributed by atoms with van der Waals surface area (Å²) in [5.74, 6) is -2.41. The number of aromatic nitrogens is 1. The minimum atomic E-state index is -1.15. The summed E-state index contributed by atoms with van der Waals surface area (Å²) in [6, 6.07) is 7.69. The Labute approximate surface area is 287 Å². The Kier molecular flexibility index (Phi) is 11.4. The zero-order valence-electron chi connectivity index (χ0n) is 29.1. The van der Waals surface area contributed by atoms with E-state index in [1.165, 1.54) is 5.01 Å². The van der Waals surface area contributed by atoms with E-state index < -0.39 is 47.4 Å². The average Bonchev–Trinajstić information content (AvgIpc) is 3.09. The number of nitrogens with one attached hydrogen (secondary N) is 3. The van der Waals surface area contributed by atoms with Crippen molar-refractivity contribution in [3.05, 3.63) is 47.7 Å². The zero-order valence-corrected chi connectivity index (χ0v) is 29.1. The minimum absolute atomic E-state index is 0.249. The molecular weight excluding hydrogens is 626 g/mol. The van der Waals surface area contributed by atoms with Gasteiger partial charge in [0.25, 0.3) is 11.8 Å². The van der Waals surface area contributed by atoms with E-state index in [0.29, 0.717) is 63.6 Å². The van der Waals surface area contributed by atoms with Crippen molar-refractivity contribution in [3.63, 3.8) is 0 Å². The molecule has 1 unspecified atom stereocenters. The molecule has 264 valence electrons. The lowest BCUT2D eigenvalue weighted by Crippen LogP contribution is -2.61. The maximum absolute atomic E-state index is 14.2. The highest BCUT2D eigenvalue weighted by molar-refractivity contribution is 5.92. The SMILES string of the molecule is CCCC(=O)OC1CCC2(/C=C/c3ccc4ccc(nc4c3)[C@@H](C)NC(=O)[C@@H]3CCCN(N3)C(=O)[C@H](C)NC(=O)C(C(C)C)OC2=O)CC1. The highest BCUT2D eigenvalue weighted by Crippen LogP contribution is 2.41. The number of rotatable bonds is 4. The van der Waals surface area contributed by atoms with E-state index in [-0.39, 0.29) is 23.9 Å². The van der Waals surface area contributed by atoms with Gasteiger partial charge in [0.05, 0.1) is 22.7 Å². The van der Waals surface area contributed by atoms with Gasteiger partial charge in [-0.25, -0.2) is 5.43 Å². The monoisotopic (exact) mass is 675 g/mol. The molecule has 2 aromatic rings. The number of carbonyl (C=O) groups is 5. The number of esters is 2. The standard InChI is InChI=1S/C37H49N5O7/c1-6-8-31(43)48-27-15-18-37(19-16-27)17-14-25-10-11-26-12-13-28(40-30(26)21-25)23(4)38-33(44)29-9-7-20-42(41-29)35(46)24(5)39-34(45)32(22(2)3)49-36(37)47/h10-14,17,21-24,27,29,32,41H,6-9,15-16,18-20H2,1-5H3,(H,38,44)(H,39,45)/b17-14+/t23-,24+,27?,29+,32?,37?/m1/s1. The summed E-state index contributed by atoms with van der Waals surface area (Å²) in [6.07, 6.45) is 6.09. The van der Waals surface area contributed by atoms with Crippen LogP contribution in [0.1, 0.15) is 103 Å². The van der Waals surface area contributed by atoms with Crippen LogP contribution < -0.4 is 16.1 Å². The molecule has 4 atom stereocenters. The van der Waals surface area contributed by atoms with Gasteiger partial charge < -0.3 is 20.1 Å². The molecule has 2 aliphatic heterocycles. The molecule has 5 bridgehead atoms. The number of nitrogens with zero attached hydrogens (tertiary/aromatic N) is 2. The third-order valence-corrected chi connectivity index (χ3v) is 9.71. The van der Waals surface area contributed by atoms with E-state index in [1.54, 1.807) is 20.8 Å². The van der Waals surface area contributed by atoms with Crippen LogP contribution in [0.4, 0.5) is 0 Å². The third kappa shape index (κ3) is 8.46. The molecule has 0 radical (unpaired) electrons. The second-order valence-electron chi connectivity index (χ2n) is 14.0. The number of fused-ring (bicyclic) bond motifs is 4. The molecular formula is C37H49N5O7. The van der Waals surface area contributed by atoms with Crippen LogP contribution in [-0.4, -0.2) is 70.5 Å². The van der Waals surface area contributed by atoms with Crippen molar-refractivity contribution in [3.8, 4) is 0 Å². The van der Waals surface area contributed by atoms with Crippen LogP contribution in [0.25, 0.3) is 17.0 Å². The number of hydrogen-bond donors (Lipinski definition) is 3. The molecule has 1 saturated heterocycles. The fraction of sp³-hybridized carbons (Fsp3) is 0.568. The fourth-order valence-corrected chi connectivity index (χ4v) is 6.70. The molecule has 1 aliphatic carbocycles. The molecule has 12 heteroatoms. The van der Waals surface area contributed by atoms with E-state index in [1.807, 2.05) is 56.3 Å². The Hall–Kier alpha value is -4.32. The molecule has 12 nitrogen and oxygen atoms in total. The predicted octanol–water partition coefficient (Wildman–Crippen LogP) is 4.28. The average molecular weight is 676 g/mol. The van der Waals surface area contributed by atoms with Crippen LogP contribution in [0.15, 0.2) is 36.4 Å². The maximum Gasteiger partial charge on any atom is 0.316 e. The summed E-state index contributed by atoms with van der Waals surface area (Å²) >= 11 is 0. The van der Waals surface area contributed by atoms with Crippen molar-refractivity contribution in [2.24, 2.45) is 11.3 Å². The van der Waals surface area contributed by atoms with Gasteiger partial charge in [-0.05, 0) is 82.4 Å². The van der Waals surface area contributed by atoms with Gasteiger partial charge in [0, 0.05) is 18.4 Å². The highest BCUT2D eigenvalue weighted by Gasteiger charge is 2.44. The summed E-state index contributed by atoms with van der Waals surface area (Å²) < 4.78 is 11.7. The quantitative estimate of drug-likeness (QED) is 0.403. The van der Waals surface area contributed by atoms with Crippen molar-refractivity contribution < 1.29 is 33.4 Å². The molecule has 49 heavy (non-hydrogen) atoms. The second kappa shape index (κ2) is 15.5. The van der Waals surface area contributed by atoms with Crippen molar-refractivity contribution in [2.45, 2.75) is 116 Å². The molecule has 1 aromatic heterocycles. The molecule has 3 heterocycles. The number of pyridine rings is 1. The Morgan fingerprint density at radius 1 is 1.02 bits per heavy atom. The zero-order chi connectivity index (χ0) is 35.3. The lowest BCUT2D eigenvalue weighted by molar-refractivity contribution is -0.170. The molecule has 3 aliphatic rings. The molecule has 5 rings (SSSR count). The van der Waals surface area contributed by atoms with Crippen LogP contribution >= 0.6 is 0 Å².